The van der Waals surface area contributed by atoms with Crippen molar-refractivity contribution in [2.45, 2.75) is 13.0 Å². The van der Waals surface area contributed by atoms with Gasteiger partial charge in [-0.25, -0.2) is 9.78 Å². The summed E-state index contributed by atoms with van der Waals surface area (Å²) >= 11 is 0. The number of aryl methyl sites for hydroxylation is 1. The highest BCUT2D eigenvalue weighted by Crippen LogP contribution is 2.36. The summed E-state index contributed by atoms with van der Waals surface area (Å²) in [5, 5.41) is 0. The summed E-state index contributed by atoms with van der Waals surface area (Å²) in [7, 11) is 0. The maximum absolute atomic E-state index is 12.5. The monoisotopic (exact) mass is 332 g/mol. The second-order valence-electron chi connectivity index (χ2n) is 5.93. The molecule has 4 rings (SSSR count). The van der Waals surface area contributed by atoms with Gasteiger partial charge in [-0.1, -0.05) is 30.3 Å². The van der Waals surface area contributed by atoms with E-state index in [0.717, 1.165) is 17.7 Å². The van der Waals surface area contributed by atoms with Gasteiger partial charge in [-0.05, 0) is 29.7 Å². The van der Waals surface area contributed by atoms with Gasteiger partial charge < -0.3 is 9.30 Å². The first-order chi connectivity index (χ1) is 12.2. The molecule has 0 amide bonds. The number of carbonyl (C=O) groups excluding carboxylic acids is 2. The zero-order chi connectivity index (χ0) is 17.2. The Morgan fingerprint density at radius 1 is 1.04 bits per heavy atom. The van der Waals surface area contributed by atoms with Crippen LogP contribution in [-0.2, 0) is 11.3 Å². The molecule has 0 radical (unpaired) electrons. The van der Waals surface area contributed by atoms with Gasteiger partial charge in [0.05, 0.1) is 18.5 Å². The fourth-order valence-electron chi connectivity index (χ4n) is 3.07. The van der Waals surface area contributed by atoms with Crippen LogP contribution >= 0.6 is 0 Å². The Hall–Kier alpha value is -3.21. The van der Waals surface area contributed by atoms with Gasteiger partial charge in [-0.2, -0.15) is 0 Å². The van der Waals surface area contributed by atoms with Crippen LogP contribution in [0.1, 0.15) is 32.7 Å². The molecule has 3 aromatic rings. The number of aromatic nitrogens is 2. The summed E-state index contributed by atoms with van der Waals surface area (Å²) < 4.78 is 7.24. The molecule has 124 valence electrons. The molecule has 0 fully saturated rings. The minimum Gasteiger partial charge on any atom is -0.462 e. The van der Waals surface area contributed by atoms with E-state index in [2.05, 4.69) is 4.98 Å². The minimum atomic E-state index is -0.405. The standard InChI is InChI=1S/C20H16N2O3/c23-19-17-5-2-1-4-15(17)16-7-6-14(12-18(16)19)20(24)25-11-3-9-22-10-8-21-13-22/h1-2,4-8,10,12-13H,3,9,11H2. The average molecular weight is 332 g/mol. The lowest BCUT2D eigenvalue weighted by atomic mass is 10.0. The summed E-state index contributed by atoms with van der Waals surface area (Å²) in [5.74, 6) is -0.447. The van der Waals surface area contributed by atoms with E-state index in [1.165, 1.54) is 0 Å². The summed E-state index contributed by atoms with van der Waals surface area (Å²) in [6, 6.07) is 12.7. The quantitative estimate of drug-likeness (QED) is 0.415. The third-order valence-corrected chi connectivity index (χ3v) is 4.31. The number of benzene rings is 2. The fraction of sp³-hybridized carbons (Fsp3) is 0.150. The molecule has 0 spiro atoms. The summed E-state index contributed by atoms with van der Waals surface area (Å²) in [6.07, 6.45) is 6.01. The van der Waals surface area contributed by atoms with Crippen LogP contribution in [0.5, 0.6) is 0 Å². The second kappa shape index (κ2) is 6.36. The topological polar surface area (TPSA) is 61.2 Å². The highest BCUT2D eigenvalue weighted by atomic mass is 16.5. The van der Waals surface area contributed by atoms with Crippen LogP contribution in [0.4, 0.5) is 0 Å². The molecule has 1 aromatic heterocycles. The second-order valence-corrected chi connectivity index (χ2v) is 5.93. The molecule has 2 aromatic carbocycles. The molecule has 0 bridgehead atoms. The van der Waals surface area contributed by atoms with Crippen molar-refractivity contribution < 1.29 is 14.3 Å². The van der Waals surface area contributed by atoms with Crippen LogP contribution in [0.25, 0.3) is 11.1 Å². The Kier molecular flexibility index (Phi) is 3.90. The lowest BCUT2D eigenvalue weighted by molar-refractivity contribution is 0.0496. The number of esters is 1. The van der Waals surface area contributed by atoms with Gasteiger partial charge in [0.15, 0.2) is 5.78 Å². The Balaban J connectivity index is 1.44. The predicted molar refractivity (Wildman–Crippen MR) is 92.4 cm³/mol. The largest absolute Gasteiger partial charge is 0.462 e. The molecule has 0 atom stereocenters. The Bertz CT molecular complexity index is 945. The smallest absolute Gasteiger partial charge is 0.338 e. The van der Waals surface area contributed by atoms with Gasteiger partial charge in [-0.15, -0.1) is 0 Å². The van der Waals surface area contributed by atoms with Crippen molar-refractivity contribution in [1.82, 2.24) is 9.55 Å². The van der Waals surface area contributed by atoms with Crippen LogP contribution < -0.4 is 0 Å². The molecule has 5 nitrogen and oxygen atoms in total. The van der Waals surface area contributed by atoms with E-state index < -0.39 is 5.97 Å². The SMILES string of the molecule is O=C(OCCCn1ccnc1)c1ccc2c(c1)C(=O)c1ccccc1-2. The summed E-state index contributed by atoms with van der Waals surface area (Å²) in [4.78, 5) is 28.7. The van der Waals surface area contributed by atoms with Crippen LogP contribution in [0.3, 0.4) is 0 Å². The van der Waals surface area contributed by atoms with Crippen LogP contribution in [-0.4, -0.2) is 27.9 Å². The third kappa shape index (κ3) is 2.85. The Labute approximate surface area is 144 Å². The van der Waals surface area contributed by atoms with Gasteiger partial charge >= 0.3 is 5.97 Å². The highest BCUT2D eigenvalue weighted by Gasteiger charge is 2.27. The van der Waals surface area contributed by atoms with E-state index in [4.69, 9.17) is 4.74 Å². The van der Waals surface area contributed by atoms with Crippen molar-refractivity contribution in [2.24, 2.45) is 0 Å². The summed E-state index contributed by atoms with van der Waals surface area (Å²) in [5.41, 5.74) is 3.44. The van der Waals surface area contributed by atoms with Crippen molar-refractivity contribution in [2.75, 3.05) is 6.61 Å². The minimum absolute atomic E-state index is 0.0413. The molecule has 5 heteroatoms. The van der Waals surface area contributed by atoms with E-state index in [1.807, 2.05) is 41.1 Å². The first-order valence-corrected chi connectivity index (χ1v) is 8.15. The number of imidazole rings is 1. The first kappa shape index (κ1) is 15.3. The molecule has 1 aliphatic carbocycles. The Morgan fingerprint density at radius 2 is 1.84 bits per heavy atom. The molecule has 1 aliphatic rings. The molecule has 1 heterocycles. The Morgan fingerprint density at radius 3 is 2.64 bits per heavy atom. The van der Waals surface area contributed by atoms with E-state index in [1.54, 1.807) is 24.7 Å². The fourth-order valence-corrected chi connectivity index (χ4v) is 3.07. The van der Waals surface area contributed by atoms with Gasteiger partial charge in [0, 0.05) is 30.1 Å². The van der Waals surface area contributed by atoms with Crippen LogP contribution in [0, 0.1) is 0 Å². The van der Waals surface area contributed by atoms with Gasteiger partial charge in [0.25, 0.3) is 0 Å². The number of hydrogen-bond donors (Lipinski definition) is 0. The number of fused-ring (bicyclic) bond motifs is 3. The maximum Gasteiger partial charge on any atom is 0.338 e. The van der Waals surface area contributed by atoms with Crippen LogP contribution in [0.15, 0.2) is 61.2 Å². The van der Waals surface area contributed by atoms with E-state index >= 15 is 0 Å². The van der Waals surface area contributed by atoms with Crippen molar-refractivity contribution >= 4 is 11.8 Å². The number of ether oxygens (including phenoxy) is 1. The molecule has 0 aliphatic heterocycles. The molecule has 0 N–H and O–H groups in total. The lowest BCUT2D eigenvalue weighted by Gasteiger charge is -2.07. The van der Waals surface area contributed by atoms with Crippen LogP contribution in [0.2, 0.25) is 0 Å². The molecule has 0 unspecified atom stereocenters. The lowest BCUT2D eigenvalue weighted by Crippen LogP contribution is -2.09. The van der Waals surface area contributed by atoms with Crippen molar-refractivity contribution in [3.8, 4) is 11.1 Å². The number of nitrogens with zero attached hydrogens (tertiary/aromatic N) is 2. The van der Waals surface area contributed by atoms with Gasteiger partial charge in [0.2, 0.25) is 0 Å². The molecular formula is C20H16N2O3. The maximum atomic E-state index is 12.5. The van der Waals surface area contributed by atoms with E-state index in [-0.39, 0.29) is 5.78 Å². The molecule has 0 saturated heterocycles. The number of carbonyl (C=O) groups is 2. The predicted octanol–water partition coefficient (Wildman–Crippen LogP) is 3.34. The molecular weight excluding hydrogens is 316 g/mol. The van der Waals surface area contributed by atoms with Gasteiger partial charge in [-0.3, -0.25) is 4.79 Å². The zero-order valence-corrected chi connectivity index (χ0v) is 13.5. The highest BCUT2D eigenvalue weighted by molar-refractivity contribution is 6.22. The summed E-state index contributed by atoms with van der Waals surface area (Å²) in [6.45, 7) is 1.06. The first-order valence-electron chi connectivity index (χ1n) is 8.15. The molecule has 25 heavy (non-hydrogen) atoms. The number of rotatable bonds is 5. The number of hydrogen-bond acceptors (Lipinski definition) is 4. The van der Waals surface area contributed by atoms with Gasteiger partial charge in [0.1, 0.15) is 0 Å². The normalized spacial score (nSPS) is 11.9. The third-order valence-electron chi connectivity index (χ3n) is 4.31. The van der Waals surface area contributed by atoms with Crippen molar-refractivity contribution in [3.05, 3.63) is 77.9 Å². The van der Waals surface area contributed by atoms with Crippen molar-refractivity contribution in [3.63, 3.8) is 0 Å². The number of ketones is 1. The molecule has 0 saturated carbocycles. The zero-order valence-electron chi connectivity index (χ0n) is 13.5. The van der Waals surface area contributed by atoms with E-state index in [0.29, 0.717) is 29.7 Å². The average Bonchev–Trinajstić information content (AvgIpc) is 3.26. The van der Waals surface area contributed by atoms with E-state index in [9.17, 15) is 9.59 Å². The van der Waals surface area contributed by atoms with Crippen molar-refractivity contribution in [1.29, 1.82) is 0 Å².